The van der Waals surface area contributed by atoms with E-state index in [0.717, 1.165) is 19.4 Å². The second-order valence-electron chi connectivity index (χ2n) is 6.71. The summed E-state index contributed by atoms with van der Waals surface area (Å²) in [6.07, 6.45) is 5.07. The zero-order valence-electron chi connectivity index (χ0n) is 11.8. The molecular weight excluding hydrogens is 230 g/mol. The molecule has 1 aliphatic carbocycles. The molecule has 0 aromatic carbocycles. The number of hydrogen-bond donors (Lipinski definition) is 2. The maximum atomic E-state index is 9.89. The van der Waals surface area contributed by atoms with E-state index in [1.54, 1.807) is 13.8 Å². The van der Waals surface area contributed by atoms with Gasteiger partial charge in [-0.3, -0.25) is 0 Å². The zero-order chi connectivity index (χ0) is 13.4. The fraction of sp³-hybridized carbons (Fsp3) is 1.00. The molecule has 2 bridgehead atoms. The van der Waals surface area contributed by atoms with E-state index >= 15 is 0 Å². The van der Waals surface area contributed by atoms with Crippen molar-refractivity contribution in [3.8, 4) is 0 Å². The van der Waals surface area contributed by atoms with Crippen molar-refractivity contribution in [2.75, 3.05) is 13.2 Å². The Bertz CT molecular complexity index is 265. The average Bonchev–Trinajstić information content (AvgIpc) is 2.36. The van der Waals surface area contributed by atoms with E-state index in [1.165, 1.54) is 12.8 Å². The Labute approximate surface area is 110 Å². The number of nitrogens with two attached hydrogens (primary N) is 1. The van der Waals surface area contributed by atoms with Crippen LogP contribution in [-0.4, -0.2) is 42.2 Å². The van der Waals surface area contributed by atoms with Crippen molar-refractivity contribution < 1.29 is 14.6 Å². The van der Waals surface area contributed by atoms with Gasteiger partial charge in [0.05, 0.1) is 37.1 Å². The molecule has 106 valence electrons. The predicted octanol–water partition coefficient (Wildman–Crippen LogP) is 1.45. The lowest BCUT2D eigenvalue weighted by Gasteiger charge is -2.46. The summed E-state index contributed by atoms with van der Waals surface area (Å²) in [6, 6.07) is -0.366. The van der Waals surface area contributed by atoms with Crippen LogP contribution in [-0.2, 0) is 9.47 Å². The van der Waals surface area contributed by atoms with Gasteiger partial charge in [0.2, 0.25) is 0 Å². The molecule has 0 aromatic heterocycles. The minimum Gasteiger partial charge on any atom is -0.389 e. The van der Waals surface area contributed by atoms with Crippen LogP contribution in [0.5, 0.6) is 0 Å². The molecule has 3 aliphatic rings. The van der Waals surface area contributed by atoms with Crippen LogP contribution in [0.3, 0.4) is 0 Å². The molecule has 1 saturated carbocycles. The summed E-state index contributed by atoms with van der Waals surface area (Å²) in [7, 11) is 0. The lowest BCUT2D eigenvalue weighted by molar-refractivity contribution is -0.154. The molecule has 0 unspecified atom stereocenters. The molecule has 0 amide bonds. The van der Waals surface area contributed by atoms with Gasteiger partial charge in [0.15, 0.2) is 0 Å². The Kier molecular flexibility index (Phi) is 4.02. The summed E-state index contributed by atoms with van der Waals surface area (Å²) in [5.41, 5.74) is 5.29. The van der Waals surface area contributed by atoms with Crippen molar-refractivity contribution >= 4 is 0 Å². The van der Waals surface area contributed by atoms with E-state index in [4.69, 9.17) is 15.2 Å². The highest BCUT2D eigenvalue weighted by Crippen LogP contribution is 2.43. The fourth-order valence-corrected chi connectivity index (χ4v) is 2.98. The molecule has 0 aromatic rings. The lowest BCUT2D eigenvalue weighted by atomic mass is 9.72. The molecule has 18 heavy (non-hydrogen) atoms. The third-order valence-electron chi connectivity index (χ3n) is 4.59. The van der Waals surface area contributed by atoms with Crippen molar-refractivity contribution in [1.82, 2.24) is 0 Å². The standard InChI is InChI=1S/C14H27NO3/c1-10(12(15)13(2,3)16)17-8-14-6-4-11(5-7-14)18-9-14/h10-12,16H,4-9,15H2,1-3H3/t10-,11?,12+,14?/m1/s1. The second kappa shape index (κ2) is 5.08. The molecule has 4 heteroatoms. The van der Waals surface area contributed by atoms with Crippen LogP contribution in [0.25, 0.3) is 0 Å². The first-order valence-corrected chi connectivity index (χ1v) is 7.04. The van der Waals surface area contributed by atoms with Gasteiger partial charge in [-0.15, -0.1) is 0 Å². The summed E-state index contributed by atoms with van der Waals surface area (Å²) in [4.78, 5) is 0. The third-order valence-corrected chi connectivity index (χ3v) is 4.59. The molecule has 3 N–H and O–H groups in total. The number of fused-ring (bicyclic) bond motifs is 3. The molecule has 3 rings (SSSR count). The van der Waals surface area contributed by atoms with Crippen LogP contribution in [0.1, 0.15) is 46.5 Å². The van der Waals surface area contributed by atoms with Crippen LogP contribution in [0, 0.1) is 5.41 Å². The van der Waals surface area contributed by atoms with Crippen molar-refractivity contribution in [3.05, 3.63) is 0 Å². The van der Waals surface area contributed by atoms with Gasteiger partial charge in [-0.1, -0.05) is 0 Å². The van der Waals surface area contributed by atoms with E-state index in [2.05, 4.69) is 0 Å². The molecule has 2 aliphatic heterocycles. The molecule has 2 saturated heterocycles. The third kappa shape index (κ3) is 3.05. The molecule has 2 heterocycles. The van der Waals surface area contributed by atoms with Crippen molar-refractivity contribution in [3.63, 3.8) is 0 Å². The van der Waals surface area contributed by atoms with E-state index < -0.39 is 5.60 Å². The second-order valence-corrected chi connectivity index (χ2v) is 6.71. The van der Waals surface area contributed by atoms with Crippen LogP contribution >= 0.6 is 0 Å². The van der Waals surface area contributed by atoms with Crippen LogP contribution in [0.4, 0.5) is 0 Å². The molecule has 2 atom stereocenters. The highest BCUT2D eigenvalue weighted by atomic mass is 16.5. The van der Waals surface area contributed by atoms with Crippen molar-refractivity contribution in [1.29, 1.82) is 0 Å². The van der Waals surface area contributed by atoms with Crippen molar-refractivity contribution in [2.45, 2.75) is 70.3 Å². The zero-order valence-corrected chi connectivity index (χ0v) is 11.8. The fourth-order valence-electron chi connectivity index (χ4n) is 2.98. The minimum atomic E-state index is -0.905. The molecular formula is C14H27NO3. The van der Waals surface area contributed by atoms with Crippen molar-refractivity contribution in [2.24, 2.45) is 11.1 Å². The number of hydrogen-bond acceptors (Lipinski definition) is 4. The average molecular weight is 257 g/mol. The van der Waals surface area contributed by atoms with Gasteiger partial charge in [-0.25, -0.2) is 0 Å². The SMILES string of the molecule is C[C@@H](OCC12CCC(CC1)OC2)[C@H](N)C(C)(C)O. The topological polar surface area (TPSA) is 64.7 Å². The molecule has 0 spiro atoms. The lowest BCUT2D eigenvalue weighted by Crippen LogP contribution is -2.52. The largest absolute Gasteiger partial charge is 0.389 e. The summed E-state index contributed by atoms with van der Waals surface area (Å²) in [5, 5.41) is 9.89. The quantitative estimate of drug-likeness (QED) is 0.782. The normalized spacial score (nSPS) is 35.5. The highest BCUT2D eigenvalue weighted by Gasteiger charge is 2.42. The summed E-state index contributed by atoms with van der Waals surface area (Å²) in [5.74, 6) is 0. The Morgan fingerprint density at radius 1 is 1.44 bits per heavy atom. The minimum absolute atomic E-state index is 0.140. The maximum absolute atomic E-state index is 9.89. The Morgan fingerprint density at radius 2 is 2.06 bits per heavy atom. The number of ether oxygens (including phenoxy) is 2. The van der Waals surface area contributed by atoms with Gasteiger partial charge in [-0.2, -0.15) is 0 Å². The number of rotatable bonds is 5. The van der Waals surface area contributed by atoms with Gasteiger partial charge >= 0.3 is 0 Å². The van der Waals surface area contributed by atoms with E-state index in [9.17, 15) is 5.11 Å². The first kappa shape index (κ1) is 14.3. The number of aliphatic hydroxyl groups is 1. The van der Waals surface area contributed by atoms with E-state index in [1.807, 2.05) is 6.92 Å². The Balaban J connectivity index is 1.84. The monoisotopic (exact) mass is 257 g/mol. The van der Waals surface area contributed by atoms with E-state index in [0.29, 0.717) is 12.7 Å². The van der Waals surface area contributed by atoms with Gasteiger partial charge in [0.25, 0.3) is 0 Å². The molecule has 0 radical (unpaired) electrons. The van der Waals surface area contributed by atoms with Gasteiger partial charge in [0.1, 0.15) is 0 Å². The first-order chi connectivity index (χ1) is 8.32. The van der Waals surface area contributed by atoms with Gasteiger partial charge in [0, 0.05) is 5.41 Å². The molecule has 3 fully saturated rings. The van der Waals surface area contributed by atoms with Gasteiger partial charge < -0.3 is 20.3 Å². The summed E-state index contributed by atoms with van der Waals surface area (Å²) in [6.45, 7) is 6.91. The first-order valence-electron chi connectivity index (χ1n) is 7.04. The predicted molar refractivity (Wildman–Crippen MR) is 70.3 cm³/mol. The summed E-state index contributed by atoms with van der Waals surface area (Å²) < 4.78 is 11.7. The molecule has 4 nitrogen and oxygen atoms in total. The summed E-state index contributed by atoms with van der Waals surface area (Å²) >= 11 is 0. The Hall–Kier alpha value is -0.160. The van der Waals surface area contributed by atoms with Crippen LogP contribution < -0.4 is 5.73 Å². The van der Waals surface area contributed by atoms with Crippen LogP contribution in [0.2, 0.25) is 0 Å². The Morgan fingerprint density at radius 3 is 2.50 bits per heavy atom. The van der Waals surface area contributed by atoms with Crippen LogP contribution in [0.15, 0.2) is 0 Å². The maximum Gasteiger partial charge on any atom is 0.0767 e. The highest BCUT2D eigenvalue weighted by molar-refractivity contribution is 4.92. The smallest absolute Gasteiger partial charge is 0.0767 e. The van der Waals surface area contributed by atoms with E-state index in [-0.39, 0.29) is 17.6 Å². The van der Waals surface area contributed by atoms with Gasteiger partial charge in [-0.05, 0) is 46.5 Å².